The summed E-state index contributed by atoms with van der Waals surface area (Å²) in [4.78, 5) is 11.6. The quantitative estimate of drug-likeness (QED) is 0.353. The zero-order valence-electron chi connectivity index (χ0n) is 11.5. The number of rotatable bonds is 11. The molecule has 0 aliphatic rings. The lowest BCUT2D eigenvalue weighted by Crippen LogP contribution is -2.13. The maximum Gasteiger partial charge on any atom is 0.338 e. The summed E-state index contributed by atoms with van der Waals surface area (Å²) in [5.74, 6) is -0.341. The van der Waals surface area contributed by atoms with E-state index < -0.39 is 0 Å². The van der Waals surface area contributed by atoms with Gasteiger partial charge in [-0.1, -0.05) is 24.8 Å². The molecule has 0 unspecified atom stereocenters. The SMILES string of the molecule is C=COCCOCCOCCOC(=O)c1ccccc1. The lowest BCUT2D eigenvalue weighted by molar-refractivity contribution is 0.00825. The van der Waals surface area contributed by atoms with Crippen molar-refractivity contribution in [2.45, 2.75) is 0 Å². The molecule has 0 spiro atoms. The maximum atomic E-state index is 11.6. The summed E-state index contributed by atoms with van der Waals surface area (Å²) in [6, 6.07) is 8.85. The minimum absolute atomic E-state index is 0.229. The van der Waals surface area contributed by atoms with Crippen molar-refractivity contribution in [3.8, 4) is 0 Å². The highest BCUT2D eigenvalue weighted by molar-refractivity contribution is 5.89. The van der Waals surface area contributed by atoms with Crippen LogP contribution in [0.1, 0.15) is 10.4 Å². The van der Waals surface area contributed by atoms with Crippen molar-refractivity contribution >= 4 is 5.97 Å². The van der Waals surface area contributed by atoms with Crippen LogP contribution in [0, 0.1) is 0 Å². The van der Waals surface area contributed by atoms with Gasteiger partial charge in [0.2, 0.25) is 0 Å². The van der Waals surface area contributed by atoms with E-state index in [0.29, 0.717) is 38.6 Å². The molecule has 5 nitrogen and oxygen atoms in total. The van der Waals surface area contributed by atoms with Crippen LogP contribution in [0.2, 0.25) is 0 Å². The molecule has 20 heavy (non-hydrogen) atoms. The zero-order chi connectivity index (χ0) is 14.5. The van der Waals surface area contributed by atoms with Crippen LogP contribution in [0.4, 0.5) is 0 Å². The molecule has 1 aromatic rings. The number of hydrogen-bond donors (Lipinski definition) is 0. The van der Waals surface area contributed by atoms with Gasteiger partial charge in [-0.05, 0) is 12.1 Å². The standard InChI is InChI=1S/C15H20O5/c1-2-17-8-9-18-10-11-19-12-13-20-15(16)14-6-4-3-5-7-14/h2-7H,1,8-13H2. The predicted molar refractivity (Wildman–Crippen MR) is 74.5 cm³/mol. The summed E-state index contributed by atoms with van der Waals surface area (Å²) in [6.07, 6.45) is 1.38. The van der Waals surface area contributed by atoms with Crippen molar-refractivity contribution in [1.29, 1.82) is 0 Å². The summed E-state index contributed by atoms with van der Waals surface area (Å²) >= 11 is 0. The summed E-state index contributed by atoms with van der Waals surface area (Å²) < 4.78 is 20.4. The smallest absolute Gasteiger partial charge is 0.338 e. The van der Waals surface area contributed by atoms with Gasteiger partial charge >= 0.3 is 5.97 Å². The number of benzene rings is 1. The summed E-state index contributed by atoms with van der Waals surface area (Å²) in [5.41, 5.74) is 0.540. The first-order valence-electron chi connectivity index (χ1n) is 6.44. The summed E-state index contributed by atoms with van der Waals surface area (Å²) in [5, 5.41) is 0. The molecular formula is C15H20O5. The van der Waals surface area contributed by atoms with Crippen LogP contribution in [0.25, 0.3) is 0 Å². The second kappa shape index (κ2) is 11.0. The molecule has 0 aromatic heterocycles. The molecule has 0 saturated carbocycles. The van der Waals surface area contributed by atoms with Gasteiger partial charge in [-0.3, -0.25) is 0 Å². The van der Waals surface area contributed by atoms with E-state index >= 15 is 0 Å². The first kappa shape index (κ1) is 16.2. The molecule has 0 fully saturated rings. The van der Waals surface area contributed by atoms with Gasteiger partial charge < -0.3 is 18.9 Å². The molecule has 5 heteroatoms. The lowest BCUT2D eigenvalue weighted by Gasteiger charge is -2.07. The van der Waals surface area contributed by atoms with Crippen LogP contribution >= 0.6 is 0 Å². The third kappa shape index (κ3) is 7.56. The third-order valence-electron chi connectivity index (χ3n) is 2.31. The zero-order valence-corrected chi connectivity index (χ0v) is 11.5. The molecular weight excluding hydrogens is 260 g/mol. The Kier molecular flexibility index (Phi) is 8.93. The van der Waals surface area contributed by atoms with Gasteiger partial charge in [0.1, 0.15) is 13.2 Å². The van der Waals surface area contributed by atoms with E-state index in [9.17, 15) is 4.79 Å². The number of carbonyl (C=O) groups excluding carboxylic acids is 1. The third-order valence-corrected chi connectivity index (χ3v) is 2.31. The number of carbonyl (C=O) groups is 1. The Hall–Kier alpha value is -1.85. The second-order valence-electron chi connectivity index (χ2n) is 3.76. The predicted octanol–water partition coefficient (Wildman–Crippen LogP) is 2.04. The van der Waals surface area contributed by atoms with Crippen molar-refractivity contribution in [3.63, 3.8) is 0 Å². The minimum atomic E-state index is -0.341. The van der Waals surface area contributed by atoms with Crippen molar-refractivity contribution in [1.82, 2.24) is 0 Å². The second-order valence-corrected chi connectivity index (χ2v) is 3.76. The fourth-order valence-corrected chi connectivity index (χ4v) is 1.36. The fraction of sp³-hybridized carbons (Fsp3) is 0.400. The van der Waals surface area contributed by atoms with Crippen molar-refractivity contribution in [2.24, 2.45) is 0 Å². The maximum absolute atomic E-state index is 11.6. The van der Waals surface area contributed by atoms with Gasteiger partial charge in [0, 0.05) is 0 Å². The Morgan fingerprint density at radius 3 is 2.20 bits per heavy atom. The molecule has 0 heterocycles. The van der Waals surface area contributed by atoms with Gasteiger partial charge in [-0.2, -0.15) is 0 Å². The largest absolute Gasteiger partial charge is 0.499 e. The Balaban J connectivity index is 1.92. The van der Waals surface area contributed by atoms with Crippen LogP contribution in [0.3, 0.4) is 0 Å². The molecule has 0 atom stereocenters. The Morgan fingerprint density at radius 2 is 1.55 bits per heavy atom. The lowest BCUT2D eigenvalue weighted by atomic mass is 10.2. The topological polar surface area (TPSA) is 54.0 Å². The Bertz CT molecular complexity index is 377. The fourth-order valence-electron chi connectivity index (χ4n) is 1.36. The highest BCUT2D eigenvalue weighted by Gasteiger charge is 2.04. The van der Waals surface area contributed by atoms with Crippen molar-refractivity contribution in [2.75, 3.05) is 39.6 Å². The van der Waals surface area contributed by atoms with E-state index in [-0.39, 0.29) is 12.6 Å². The molecule has 110 valence electrons. The molecule has 1 aromatic carbocycles. The van der Waals surface area contributed by atoms with Gasteiger partial charge in [-0.15, -0.1) is 0 Å². The minimum Gasteiger partial charge on any atom is -0.499 e. The van der Waals surface area contributed by atoms with E-state index in [1.54, 1.807) is 24.3 Å². The van der Waals surface area contributed by atoms with E-state index in [4.69, 9.17) is 18.9 Å². The van der Waals surface area contributed by atoms with Crippen molar-refractivity contribution < 1.29 is 23.7 Å². The van der Waals surface area contributed by atoms with Crippen LogP contribution < -0.4 is 0 Å². The molecule has 0 saturated heterocycles. The number of ether oxygens (including phenoxy) is 4. The molecule has 0 bridgehead atoms. The summed E-state index contributed by atoms with van der Waals surface area (Å²) in [7, 11) is 0. The van der Waals surface area contributed by atoms with Gasteiger partial charge in [0.15, 0.2) is 0 Å². The first-order valence-corrected chi connectivity index (χ1v) is 6.44. The Morgan fingerprint density at radius 1 is 0.950 bits per heavy atom. The molecule has 0 aliphatic heterocycles. The van der Waals surface area contributed by atoms with E-state index in [0.717, 1.165) is 0 Å². The molecule has 1 rings (SSSR count). The number of esters is 1. The normalized spacial score (nSPS) is 10.0. The van der Waals surface area contributed by atoms with Gasteiger partial charge in [-0.25, -0.2) is 4.79 Å². The van der Waals surface area contributed by atoms with Gasteiger partial charge in [0.25, 0.3) is 0 Å². The molecule has 0 radical (unpaired) electrons. The van der Waals surface area contributed by atoms with Crippen LogP contribution in [-0.2, 0) is 18.9 Å². The van der Waals surface area contributed by atoms with Crippen LogP contribution in [0.5, 0.6) is 0 Å². The van der Waals surface area contributed by atoms with E-state index in [2.05, 4.69) is 6.58 Å². The number of hydrogen-bond acceptors (Lipinski definition) is 5. The monoisotopic (exact) mass is 280 g/mol. The first-order chi connectivity index (χ1) is 9.84. The molecule has 0 amide bonds. The average molecular weight is 280 g/mol. The van der Waals surface area contributed by atoms with Crippen LogP contribution in [0.15, 0.2) is 43.2 Å². The van der Waals surface area contributed by atoms with E-state index in [1.807, 2.05) is 6.07 Å². The van der Waals surface area contributed by atoms with Gasteiger partial charge in [0.05, 0.1) is 38.3 Å². The highest BCUT2D eigenvalue weighted by atomic mass is 16.6. The molecule has 0 aliphatic carbocycles. The Labute approximate surface area is 119 Å². The average Bonchev–Trinajstić information content (AvgIpc) is 2.50. The molecule has 0 N–H and O–H groups in total. The van der Waals surface area contributed by atoms with Crippen molar-refractivity contribution in [3.05, 3.63) is 48.7 Å². The summed E-state index contributed by atoms with van der Waals surface area (Å²) in [6.45, 7) is 5.92. The highest BCUT2D eigenvalue weighted by Crippen LogP contribution is 2.00. The van der Waals surface area contributed by atoms with E-state index in [1.165, 1.54) is 6.26 Å². The van der Waals surface area contributed by atoms with Crippen LogP contribution in [-0.4, -0.2) is 45.6 Å².